The Kier molecular flexibility index (Phi) is 4.80. The van der Waals surface area contributed by atoms with Crippen molar-refractivity contribution in [3.63, 3.8) is 0 Å². The molecule has 4 rings (SSSR count). The smallest absolute Gasteiger partial charge is 0.376 e. The van der Waals surface area contributed by atoms with Gasteiger partial charge in [0.1, 0.15) is 17.1 Å². The lowest BCUT2D eigenvalue weighted by Gasteiger charge is -2.18. The van der Waals surface area contributed by atoms with Crippen molar-refractivity contribution in [3.8, 4) is 5.75 Å². The number of rotatable bonds is 4. The number of nitrogens with zero attached hydrogens (tertiary/aromatic N) is 3. The van der Waals surface area contributed by atoms with E-state index in [1.165, 1.54) is 12.1 Å². The van der Waals surface area contributed by atoms with E-state index in [1.54, 1.807) is 6.07 Å². The van der Waals surface area contributed by atoms with E-state index >= 15 is 0 Å². The van der Waals surface area contributed by atoms with Crippen LogP contribution in [-0.2, 0) is 23.0 Å². The van der Waals surface area contributed by atoms with Crippen molar-refractivity contribution in [2.45, 2.75) is 51.6 Å². The lowest BCUT2D eigenvalue weighted by atomic mass is 10.1. The third-order valence-corrected chi connectivity index (χ3v) is 6.30. The molecule has 1 aliphatic carbocycles. The molecule has 1 aromatic carbocycles. The molecule has 0 spiro atoms. The molecular weight excluding hydrogens is 419 g/mol. The van der Waals surface area contributed by atoms with Crippen molar-refractivity contribution in [3.05, 3.63) is 52.5 Å². The quantitative estimate of drug-likeness (QED) is 0.446. The summed E-state index contributed by atoms with van der Waals surface area (Å²) in [6.07, 6.45) is 1.99. The predicted octanol–water partition coefficient (Wildman–Crippen LogP) is 4.37. The summed E-state index contributed by atoms with van der Waals surface area (Å²) in [6.45, 7) is 5.92. The molecule has 10 heteroatoms. The minimum Gasteiger partial charge on any atom is -0.376 e. The van der Waals surface area contributed by atoms with Crippen LogP contribution in [0.1, 0.15) is 47.6 Å². The molecule has 3 aromatic rings. The monoisotopic (exact) mass is 439 g/mol. The maximum Gasteiger partial charge on any atom is 0.534 e. The third kappa shape index (κ3) is 3.32. The molecular formula is C20H20F3N3O3S. The van der Waals surface area contributed by atoms with Crippen LogP contribution in [0.3, 0.4) is 0 Å². The number of benzene rings is 1. The van der Waals surface area contributed by atoms with Gasteiger partial charge in [0.15, 0.2) is 5.65 Å². The van der Waals surface area contributed by atoms with Gasteiger partial charge in [0.05, 0.1) is 6.04 Å². The van der Waals surface area contributed by atoms with Gasteiger partial charge in [0.25, 0.3) is 0 Å². The van der Waals surface area contributed by atoms with Gasteiger partial charge >= 0.3 is 15.6 Å². The van der Waals surface area contributed by atoms with Gasteiger partial charge in [-0.15, -0.1) is 0 Å². The summed E-state index contributed by atoms with van der Waals surface area (Å²) in [5, 5.41) is 0. The first-order valence-electron chi connectivity index (χ1n) is 9.50. The standard InChI is InChI=1S/C20H20F3N3O3S/c1-4-17-25-18-11(2)9-12(3)24-19(18)26(17)16-8-5-13-10-14(6-7-15(13)16)29-30(27,28)20(21,22)23/h6-7,9-10,16H,4-5,8H2,1-3H3. The molecule has 30 heavy (non-hydrogen) atoms. The normalized spacial score (nSPS) is 16.8. The second kappa shape index (κ2) is 6.97. The van der Waals surface area contributed by atoms with Crippen LogP contribution in [0.2, 0.25) is 0 Å². The Balaban J connectivity index is 1.76. The fourth-order valence-corrected chi connectivity index (χ4v) is 4.52. The lowest BCUT2D eigenvalue weighted by Crippen LogP contribution is -2.28. The summed E-state index contributed by atoms with van der Waals surface area (Å²) in [5.74, 6) is 0.534. The minimum atomic E-state index is -5.70. The second-order valence-electron chi connectivity index (χ2n) is 7.40. The maximum atomic E-state index is 12.6. The van der Waals surface area contributed by atoms with Crippen LogP contribution in [-0.4, -0.2) is 28.5 Å². The number of pyridine rings is 1. The summed E-state index contributed by atoms with van der Waals surface area (Å²) in [6, 6.07) is 6.15. The van der Waals surface area contributed by atoms with Crippen LogP contribution in [0.4, 0.5) is 13.2 Å². The summed E-state index contributed by atoms with van der Waals surface area (Å²) >= 11 is 0. The number of aromatic nitrogens is 3. The van der Waals surface area contributed by atoms with Crippen molar-refractivity contribution in [2.75, 3.05) is 0 Å². The highest BCUT2D eigenvalue weighted by molar-refractivity contribution is 7.88. The van der Waals surface area contributed by atoms with Gasteiger partial charge in [-0.25, -0.2) is 9.97 Å². The van der Waals surface area contributed by atoms with E-state index < -0.39 is 15.6 Å². The van der Waals surface area contributed by atoms with E-state index in [0.29, 0.717) is 19.3 Å². The van der Waals surface area contributed by atoms with Gasteiger partial charge in [-0.3, -0.25) is 0 Å². The molecule has 0 amide bonds. The first-order chi connectivity index (χ1) is 14.0. The zero-order valence-corrected chi connectivity index (χ0v) is 17.4. The largest absolute Gasteiger partial charge is 0.534 e. The van der Waals surface area contributed by atoms with Crippen molar-refractivity contribution >= 4 is 21.3 Å². The summed E-state index contributed by atoms with van der Waals surface area (Å²) in [4.78, 5) is 9.44. The Hall–Kier alpha value is -2.62. The van der Waals surface area contributed by atoms with Gasteiger partial charge < -0.3 is 8.75 Å². The van der Waals surface area contributed by atoms with Gasteiger partial charge in [0.2, 0.25) is 0 Å². The van der Waals surface area contributed by atoms with Crippen molar-refractivity contribution in [2.24, 2.45) is 0 Å². The SMILES string of the molecule is CCc1nc2c(C)cc(C)nc2n1C1CCc2cc(OS(=O)(=O)C(F)(F)F)ccc21. The van der Waals surface area contributed by atoms with Gasteiger partial charge in [-0.05, 0) is 61.6 Å². The van der Waals surface area contributed by atoms with E-state index in [0.717, 1.165) is 39.4 Å². The molecule has 0 saturated heterocycles. The fourth-order valence-electron chi connectivity index (χ4n) is 4.06. The number of fused-ring (bicyclic) bond motifs is 2. The van der Waals surface area contributed by atoms with Gasteiger partial charge in [-0.2, -0.15) is 21.6 Å². The van der Waals surface area contributed by atoms with E-state index in [1.807, 2.05) is 26.8 Å². The predicted molar refractivity (Wildman–Crippen MR) is 105 cm³/mol. The number of imidazole rings is 1. The molecule has 6 nitrogen and oxygen atoms in total. The highest BCUT2D eigenvalue weighted by atomic mass is 32.2. The van der Waals surface area contributed by atoms with E-state index in [4.69, 9.17) is 4.98 Å². The number of hydrogen-bond donors (Lipinski definition) is 0. The summed E-state index contributed by atoms with van der Waals surface area (Å²) in [7, 11) is -5.70. The molecule has 2 aromatic heterocycles. The summed E-state index contributed by atoms with van der Waals surface area (Å²) < 4.78 is 66.8. The highest BCUT2D eigenvalue weighted by Crippen LogP contribution is 2.39. The number of aryl methyl sites for hydroxylation is 4. The molecule has 0 radical (unpaired) electrons. The first kappa shape index (κ1) is 20.6. The molecule has 0 saturated carbocycles. The van der Waals surface area contributed by atoms with E-state index in [-0.39, 0.29) is 11.8 Å². The first-order valence-corrected chi connectivity index (χ1v) is 10.9. The Labute approximate surface area is 171 Å². The van der Waals surface area contributed by atoms with Crippen molar-refractivity contribution in [1.82, 2.24) is 14.5 Å². The topological polar surface area (TPSA) is 74.1 Å². The molecule has 0 fully saturated rings. The van der Waals surface area contributed by atoms with E-state index in [2.05, 4.69) is 13.7 Å². The average Bonchev–Trinajstić information content (AvgIpc) is 3.20. The fraction of sp³-hybridized carbons (Fsp3) is 0.400. The second-order valence-corrected chi connectivity index (χ2v) is 8.94. The maximum absolute atomic E-state index is 12.6. The molecule has 0 bridgehead atoms. The average molecular weight is 439 g/mol. The highest BCUT2D eigenvalue weighted by Gasteiger charge is 2.48. The molecule has 1 aliphatic rings. The molecule has 0 aliphatic heterocycles. The molecule has 2 heterocycles. The number of hydrogen-bond acceptors (Lipinski definition) is 5. The van der Waals surface area contributed by atoms with Crippen LogP contribution in [0.25, 0.3) is 11.2 Å². The Bertz CT molecular complexity index is 1250. The van der Waals surface area contributed by atoms with Gasteiger partial charge in [-0.1, -0.05) is 13.0 Å². The van der Waals surface area contributed by atoms with Crippen LogP contribution in [0.5, 0.6) is 5.75 Å². The zero-order valence-electron chi connectivity index (χ0n) is 16.6. The Morgan fingerprint density at radius 3 is 2.60 bits per heavy atom. The van der Waals surface area contributed by atoms with Crippen LogP contribution < -0.4 is 4.18 Å². The molecule has 1 unspecified atom stereocenters. The number of halogens is 3. The van der Waals surface area contributed by atoms with Gasteiger partial charge in [0, 0.05) is 12.1 Å². The Morgan fingerprint density at radius 1 is 1.20 bits per heavy atom. The van der Waals surface area contributed by atoms with Crippen LogP contribution in [0, 0.1) is 13.8 Å². The van der Waals surface area contributed by atoms with Crippen molar-refractivity contribution < 1.29 is 25.8 Å². The third-order valence-electron chi connectivity index (χ3n) is 5.32. The molecule has 1 atom stereocenters. The minimum absolute atomic E-state index is 0.0816. The Morgan fingerprint density at radius 2 is 1.93 bits per heavy atom. The van der Waals surface area contributed by atoms with Crippen molar-refractivity contribution in [1.29, 1.82) is 0 Å². The zero-order chi connectivity index (χ0) is 21.8. The lowest BCUT2D eigenvalue weighted by molar-refractivity contribution is -0.0500. The molecule has 0 N–H and O–H groups in total. The van der Waals surface area contributed by atoms with E-state index in [9.17, 15) is 21.6 Å². The molecule has 160 valence electrons. The van der Waals surface area contributed by atoms with Crippen LogP contribution >= 0.6 is 0 Å². The number of alkyl halides is 3. The summed E-state index contributed by atoms with van der Waals surface area (Å²) in [5.41, 5.74) is -0.288. The van der Waals surface area contributed by atoms with Crippen LogP contribution in [0.15, 0.2) is 24.3 Å².